The number of hydrogen-bond acceptors (Lipinski definition) is 14. The number of halogens is 1. The second kappa shape index (κ2) is 36.6. The molecule has 0 heterocycles. The van der Waals surface area contributed by atoms with Gasteiger partial charge in [0.15, 0.2) is 0 Å². The molecule has 0 saturated heterocycles. The van der Waals surface area contributed by atoms with Crippen LogP contribution in [0.1, 0.15) is 174 Å². The van der Waals surface area contributed by atoms with Crippen LogP contribution in [0.5, 0.6) is 0 Å². The Balaban J connectivity index is 0.000000355. The van der Waals surface area contributed by atoms with E-state index in [0.29, 0.717) is 57.5 Å². The lowest BCUT2D eigenvalue weighted by molar-refractivity contribution is -0.148. The van der Waals surface area contributed by atoms with E-state index in [1.165, 1.54) is 12.1 Å². The molecule has 0 bridgehead atoms. The summed E-state index contributed by atoms with van der Waals surface area (Å²) in [6.45, 7) is 14.0. The van der Waals surface area contributed by atoms with E-state index >= 15 is 0 Å². The number of sulfonamides is 2. The summed E-state index contributed by atoms with van der Waals surface area (Å²) < 4.78 is 116. The summed E-state index contributed by atoms with van der Waals surface area (Å²) in [5.74, 6) is -1.19. The molecule has 6 N–H and O–H groups in total. The second-order valence-electron chi connectivity index (χ2n) is 22.0. The molecule has 6 rings (SSSR count). The number of carboxylic acids is 1. The Morgan fingerprint density at radius 3 is 1.23 bits per heavy atom. The molecule has 3 saturated carbocycles. The summed E-state index contributed by atoms with van der Waals surface area (Å²) in [6.07, 6.45) is 14.6. The van der Waals surface area contributed by atoms with Gasteiger partial charge in [0.25, 0.3) is 10.1 Å². The van der Waals surface area contributed by atoms with E-state index in [1.54, 1.807) is 12.1 Å². The van der Waals surface area contributed by atoms with Crippen molar-refractivity contribution in [2.24, 2.45) is 23.5 Å². The standard InChI is InChI=1S/C19H29NO4S.C13H19NO2.C12H23NO4S.C7H8O3S.C6H11ClO2S/c1-15(2)13-18(19(21)24-14-16-9-5-3-6-10-16)20-25(22,23)17-11-7-4-8-12-17;1-10(2)8-12(14)13(15)16-9-11-6-4-3-5-7-11;1-9(2)8-11(12(14)15)13-18(16,17)10-6-4-3-5-7-10;1-6-2-4-7(5-3-6)11(8,9)10;7-10(8,9)6-4-2-1-3-5-6/h3,5-6,9-10,15,17-18,20H,4,7-8,11-14H2,1-2H3;3-7,10,12H,8-9,14H2,1-2H3;9-11,13H,3-8H2,1-2H3,(H,14,15);2-5H,1H3,(H,8,9,10);6H,1-5H2/t18-;12-;11-;;/m000../s1. The molecule has 0 aromatic heterocycles. The molecule has 454 valence electrons. The first kappa shape index (κ1) is 72.1. The number of esters is 2. The Morgan fingerprint density at radius 1 is 0.537 bits per heavy atom. The maximum absolute atomic E-state index is 12.6. The Kier molecular flexibility index (Phi) is 32.9. The fraction of sp³-hybridized carbons (Fsp3) is 0.632. The van der Waals surface area contributed by atoms with Crippen LogP contribution in [0, 0.1) is 24.7 Å². The van der Waals surface area contributed by atoms with Gasteiger partial charge in [0.1, 0.15) is 31.3 Å². The minimum Gasteiger partial charge on any atom is -0.480 e. The number of aryl methyl sites for hydroxylation is 1. The molecule has 0 amide bonds. The molecule has 3 atom stereocenters. The minimum absolute atomic E-state index is 0.0666. The first-order chi connectivity index (χ1) is 37.4. The van der Waals surface area contributed by atoms with Crippen LogP contribution in [-0.2, 0) is 76.3 Å². The van der Waals surface area contributed by atoms with Gasteiger partial charge in [0.2, 0.25) is 29.1 Å². The zero-order valence-electron chi connectivity index (χ0n) is 47.7. The third-order valence-electron chi connectivity index (χ3n) is 13.3. The SMILES string of the molecule is CC(C)C[C@H](N)C(=O)OCc1ccccc1.CC(C)C[C@H](NS(=O)(=O)C1CCCCC1)C(=O)O.CC(C)C[C@H](NS(=O)(=O)C1CCCCC1)C(=O)OCc1ccccc1.Cc1ccc(S(=O)(=O)O)cc1.O=S(=O)(Cl)C1CCCCC1. The van der Waals surface area contributed by atoms with Crippen molar-refractivity contribution in [1.29, 1.82) is 0 Å². The van der Waals surface area contributed by atoms with Gasteiger partial charge in [-0.15, -0.1) is 0 Å². The van der Waals surface area contributed by atoms with Crippen LogP contribution in [0.3, 0.4) is 0 Å². The number of rotatable bonds is 21. The number of aliphatic carboxylic acids is 1. The number of carbonyl (C=O) groups excluding carboxylic acids is 2. The van der Waals surface area contributed by atoms with Gasteiger partial charge in [0, 0.05) is 10.7 Å². The Bertz CT molecular complexity index is 2720. The third-order valence-corrected chi connectivity index (χ3v) is 20.2. The molecule has 23 heteroatoms. The quantitative estimate of drug-likeness (QED) is 0.0376. The highest BCUT2D eigenvalue weighted by Crippen LogP contribution is 2.27. The van der Waals surface area contributed by atoms with Gasteiger partial charge in [-0.3, -0.25) is 18.9 Å². The summed E-state index contributed by atoms with van der Waals surface area (Å²) in [5, 5.41) is 7.99. The molecule has 18 nitrogen and oxygen atoms in total. The van der Waals surface area contributed by atoms with Gasteiger partial charge in [0.05, 0.1) is 20.6 Å². The third kappa shape index (κ3) is 30.3. The summed E-state index contributed by atoms with van der Waals surface area (Å²) in [4.78, 5) is 35.0. The van der Waals surface area contributed by atoms with Crippen LogP contribution in [0.2, 0.25) is 0 Å². The average molecular weight is 1220 g/mol. The number of nitrogens with two attached hydrogens (primary N) is 1. The number of benzene rings is 3. The number of carboxylic acid groups (broad SMARTS) is 1. The molecule has 3 aliphatic carbocycles. The summed E-state index contributed by atoms with van der Waals surface area (Å²) in [6, 6.07) is 22.6. The van der Waals surface area contributed by atoms with Crippen LogP contribution in [0.15, 0.2) is 89.8 Å². The number of ether oxygens (including phenoxy) is 2. The van der Waals surface area contributed by atoms with Crippen molar-refractivity contribution in [3.8, 4) is 0 Å². The Labute approximate surface area is 482 Å². The van der Waals surface area contributed by atoms with Crippen molar-refractivity contribution in [2.45, 2.75) is 216 Å². The van der Waals surface area contributed by atoms with Gasteiger partial charge in [-0.05, 0) is 106 Å². The van der Waals surface area contributed by atoms with E-state index in [1.807, 2.05) is 109 Å². The fourth-order valence-electron chi connectivity index (χ4n) is 9.00. The largest absolute Gasteiger partial charge is 0.480 e. The maximum atomic E-state index is 12.6. The lowest BCUT2D eigenvalue weighted by atomic mass is 10.0. The summed E-state index contributed by atoms with van der Waals surface area (Å²) in [5.41, 5.74) is 8.53. The first-order valence-corrected chi connectivity index (χ1v) is 34.7. The van der Waals surface area contributed by atoms with Crippen LogP contribution >= 0.6 is 10.7 Å². The molecule has 0 unspecified atom stereocenters. The zero-order chi connectivity index (χ0) is 60.1. The molecule has 80 heavy (non-hydrogen) atoms. The topological polar surface area (TPSA) is 297 Å². The van der Waals surface area contributed by atoms with Gasteiger partial charge in [-0.25, -0.2) is 34.7 Å². The predicted molar refractivity (Wildman–Crippen MR) is 315 cm³/mol. The molecule has 3 aromatic carbocycles. The lowest BCUT2D eigenvalue weighted by Crippen LogP contribution is -2.46. The van der Waals surface area contributed by atoms with E-state index in [9.17, 15) is 48.1 Å². The number of carbonyl (C=O) groups is 3. The number of nitrogens with one attached hydrogen (secondary N) is 2. The van der Waals surface area contributed by atoms with Gasteiger partial charge < -0.3 is 20.3 Å². The van der Waals surface area contributed by atoms with Crippen molar-refractivity contribution < 1.29 is 67.2 Å². The summed E-state index contributed by atoms with van der Waals surface area (Å²) in [7, 11) is -9.10. The van der Waals surface area contributed by atoms with Crippen molar-refractivity contribution >= 4 is 67.8 Å². The monoisotopic (exact) mass is 1220 g/mol. The van der Waals surface area contributed by atoms with E-state index < -0.39 is 79.8 Å². The maximum Gasteiger partial charge on any atom is 0.324 e. The van der Waals surface area contributed by atoms with Crippen molar-refractivity contribution in [3.05, 3.63) is 102 Å². The van der Waals surface area contributed by atoms with Gasteiger partial charge in [-0.2, -0.15) is 8.42 Å². The zero-order valence-corrected chi connectivity index (χ0v) is 51.7. The molecule has 0 radical (unpaired) electrons. The molecule has 3 aliphatic rings. The van der Waals surface area contributed by atoms with E-state index in [0.717, 1.165) is 87.3 Å². The molecule has 0 spiro atoms. The highest BCUT2D eigenvalue weighted by Gasteiger charge is 2.34. The van der Waals surface area contributed by atoms with Crippen LogP contribution in [-0.4, -0.2) is 95.1 Å². The van der Waals surface area contributed by atoms with Crippen LogP contribution in [0.25, 0.3) is 0 Å². The smallest absolute Gasteiger partial charge is 0.324 e. The average Bonchev–Trinajstić information content (AvgIpc) is 3.40. The molecular formula is C57H90ClN3O15S4. The highest BCUT2D eigenvalue weighted by molar-refractivity contribution is 8.14. The molecule has 0 aliphatic heterocycles. The van der Waals surface area contributed by atoms with E-state index in [4.69, 9.17) is 35.5 Å². The van der Waals surface area contributed by atoms with E-state index in [2.05, 4.69) is 9.44 Å². The van der Waals surface area contributed by atoms with Crippen molar-refractivity contribution in [3.63, 3.8) is 0 Å². The van der Waals surface area contributed by atoms with Gasteiger partial charge >= 0.3 is 17.9 Å². The normalized spacial score (nSPS) is 16.9. The second-order valence-corrected chi connectivity index (χ2v) is 30.3. The van der Waals surface area contributed by atoms with Crippen LogP contribution in [0.4, 0.5) is 0 Å². The fourth-order valence-corrected chi connectivity index (χ4v) is 14.4. The van der Waals surface area contributed by atoms with Crippen LogP contribution < -0.4 is 15.2 Å². The Morgan fingerprint density at radius 2 is 0.887 bits per heavy atom. The van der Waals surface area contributed by atoms with E-state index in [-0.39, 0.29) is 34.6 Å². The molecule has 3 fully saturated rings. The molecule has 3 aromatic rings. The minimum atomic E-state index is -4.02. The highest BCUT2D eigenvalue weighted by atomic mass is 35.7. The predicted octanol–water partition coefficient (Wildman–Crippen LogP) is 10.4. The number of hydrogen-bond donors (Lipinski definition) is 5. The first-order valence-electron chi connectivity index (χ1n) is 27.8. The van der Waals surface area contributed by atoms with Crippen molar-refractivity contribution in [2.75, 3.05) is 0 Å². The lowest BCUT2D eigenvalue weighted by Gasteiger charge is -2.25. The van der Waals surface area contributed by atoms with Gasteiger partial charge in [-0.1, -0.05) is 178 Å². The van der Waals surface area contributed by atoms with Crippen molar-refractivity contribution in [1.82, 2.24) is 9.44 Å². The molecular weight excluding hydrogens is 1130 g/mol. The summed E-state index contributed by atoms with van der Waals surface area (Å²) >= 11 is 0. The Hall–Kier alpha value is -4.00.